The zero-order valence-electron chi connectivity index (χ0n) is 14.6. The van der Waals surface area contributed by atoms with E-state index in [1.54, 1.807) is 16.9 Å². The zero-order valence-corrected chi connectivity index (χ0v) is 14.6. The molecule has 1 aliphatic rings. The number of rotatable bonds is 5. The highest BCUT2D eigenvalue weighted by atomic mass is 19.1. The molecule has 7 nitrogen and oxygen atoms in total. The van der Waals surface area contributed by atoms with E-state index in [2.05, 4.69) is 25.7 Å². The third-order valence-corrected chi connectivity index (χ3v) is 4.09. The van der Waals surface area contributed by atoms with Crippen molar-refractivity contribution >= 4 is 11.8 Å². The molecule has 0 spiro atoms. The van der Waals surface area contributed by atoms with Crippen molar-refractivity contribution in [3.63, 3.8) is 0 Å². The van der Waals surface area contributed by atoms with E-state index >= 15 is 0 Å². The van der Waals surface area contributed by atoms with E-state index in [-0.39, 0.29) is 11.9 Å². The summed E-state index contributed by atoms with van der Waals surface area (Å²) in [5.41, 5.74) is 1.06. The summed E-state index contributed by atoms with van der Waals surface area (Å²) < 4.78 is 15.7. The lowest BCUT2D eigenvalue weighted by Gasteiger charge is -2.19. The van der Waals surface area contributed by atoms with Gasteiger partial charge < -0.3 is 15.5 Å². The molecular weight excluding hydrogens is 321 g/mol. The minimum absolute atomic E-state index is 0.202. The summed E-state index contributed by atoms with van der Waals surface area (Å²) >= 11 is 0. The second kappa shape index (κ2) is 7.96. The summed E-state index contributed by atoms with van der Waals surface area (Å²) in [6.45, 7) is 4.85. The summed E-state index contributed by atoms with van der Waals surface area (Å²) in [6.07, 6.45) is 6.30. The molecule has 2 aromatic heterocycles. The second-order valence-corrected chi connectivity index (χ2v) is 6.10. The minimum atomic E-state index is -0.277. The van der Waals surface area contributed by atoms with Gasteiger partial charge in [0.2, 0.25) is 0 Å². The van der Waals surface area contributed by atoms with Gasteiger partial charge in [-0.25, -0.2) is 14.4 Å². The third kappa shape index (κ3) is 4.46. The molecule has 3 rings (SSSR count). The van der Waals surface area contributed by atoms with E-state index in [0.717, 1.165) is 31.0 Å². The fraction of sp³-hybridized carbons (Fsp3) is 0.471. The van der Waals surface area contributed by atoms with Gasteiger partial charge in [-0.05, 0) is 25.5 Å². The second-order valence-electron chi connectivity index (χ2n) is 6.10. The molecule has 1 atom stereocenters. The number of aryl methyl sites for hydroxylation is 1. The van der Waals surface area contributed by atoms with Gasteiger partial charge in [-0.1, -0.05) is 0 Å². The summed E-state index contributed by atoms with van der Waals surface area (Å²) in [7, 11) is 1.89. The van der Waals surface area contributed by atoms with Crippen molar-refractivity contribution in [1.29, 1.82) is 0 Å². The van der Waals surface area contributed by atoms with Crippen LogP contribution in [0.5, 0.6) is 0 Å². The summed E-state index contributed by atoms with van der Waals surface area (Å²) in [4.78, 5) is 10.7. The first-order valence-electron chi connectivity index (χ1n) is 8.53. The molecule has 2 aromatic rings. The van der Waals surface area contributed by atoms with Gasteiger partial charge >= 0.3 is 0 Å². The maximum atomic E-state index is 13.9. The predicted molar refractivity (Wildman–Crippen MR) is 96.0 cm³/mol. The van der Waals surface area contributed by atoms with Crippen LogP contribution in [-0.2, 0) is 13.6 Å². The number of halogens is 1. The summed E-state index contributed by atoms with van der Waals surface area (Å²) in [5.74, 6) is 0.907. The standard InChI is InChI=1S/C17H24FN7/c1-3-19-17(21-9-13-10-22-24(2)11-13)23-14-6-8-25(12-14)16-15(18)5-4-7-20-16/h4-5,7,10-11,14H,3,6,8-9,12H2,1-2H3,(H2,19,21,23). The van der Waals surface area contributed by atoms with Crippen LogP contribution in [0.1, 0.15) is 18.9 Å². The molecule has 2 N–H and O–H groups in total. The Morgan fingerprint density at radius 3 is 3.08 bits per heavy atom. The molecule has 1 saturated heterocycles. The highest BCUT2D eigenvalue weighted by Crippen LogP contribution is 2.20. The number of aromatic nitrogens is 3. The Labute approximate surface area is 147 Å². The van der Waals surface area contributed by atoms with E-state index in [0.29, 0.717) is 18.9 Å². The average molecular weight is 345 g/mol. The van der Waals surface area contributed by atoms with Gasteiger partial charge in [-0.3, -0.25) is 4.68 Å². The van der Waals surface area contributed by atoms with Crippen LogP contribution in [0.2, 0.25) is 0 Å². The highest BCUT2D eigenvalue weighted by molar-refractivity contribution is 5.80. The van der Waals surface area contributed by atoms with E-state index in [9.17, 15) is 4.39 Å². The summed E-state index contributed by atoms with van der Waals surface area (Å²) in [6, 6.07) is 3.26. The smallest absolute Gasteiger partial charge is 0.191 e. The Kier molecular flexibility index (Phi) is 5.47. The molecule has 0 aliphatic carbocycles. The maximum absolute atomic E-state index is 13.9. The summed E-state index contributed by atoms with van der Waals surface area (Å²) in [5, 5.41) is 10.8. The molecule has 1 unspecified atom stereocenters. The Balaban J connectivity index is 1.60. The Bertz CT molecular complexity index is 727. The lowest BCUT2D eigenvalue weighted by Crippen LogP contribution is -2.44. The zero-order chi connectivity index (χ0) is 17.6. The van der Waals surface area contributed by atoms with Crippen LogP contribution in [0.3, 0.4) is 0 Å². The lowest BCUT2D eigenvalue weighted by molar-refractivity contribution is 0.612. The van der Waals surface area contributed by atoms with Crippen LogP contribution in [0.25, 0.3) is 0 Å². The molecule has 1 aliphatic heterocycles. The van der Waals surface area contributed by atoms with Gasteiger partial charge in [0.15, 0.2) is 17.6 Å². The molecule has 134 valence electrons. The van der Waals surface area contributed by atoms with Crippen molar-refractivity contribution in [2.45, 2.75) is 25.9 Å². The molecule has 0 amide bonds. The molecule has 0 radical (unpaired) electrons. The van der Waals surface area contributed by atoms with Crippen LogP contribution < -0.4 is 15.5 Å². The number of nitrogens with zero attached hydrogens (tertiary/aromatic N) is 5. The van der Waals surface area contributed by atoms with E-state index in [1.807, 2.05) is 31.3 Å². The topological polar surface area (TPSA) is 70.4 Å². The van der Waals surface area contributed by atoms with Crippen molar-refractivity contribution in [3.05, 3.63) is 42.1 Å². The van der Waals surface area contributed by atoms with Crippen LogP contribution in [0.4, 0.5) is 10.2 Å². The number of anilines is 1. The normalized spacial score (nSPS) is 17.8. The van der Waals surface area contributed by atoms with Gasteiger partial charge in [0.05, 0.1) is 12.7 Å². The third-order valence-electron chi connectivity index (χ3n) is 4.09. The molecule has 1 fully saturated rings. The maximum Gasteiger partial charge on any atom is 0.191 e. The van der Waals surface area contributed by atoms with E-state index in [1.165, 1.54) is 6.07 Å². The quantitative estimate of drug-likeness (QED) is 0.631. The van der Waals surface area contributed by atoms with Gasteiger partial charge in [-0.2, -0.15) is 5.10 Å². The van der Waals surface area contributed by atoms with Gasteiger partial charge in [-0.15, -0.1) is 0 Å². The largest absolute Gasteiger partial charge is 0.357 e. The first-order chi connectivity index (χ1) is 12.2. The van der Waals surface area contributed by atoms with Gasteiger partial charge in [0.1, 0.15) is 0 Å². The molecular formula is C17H24FN7. The molecule has 0 saturated carbocycles. The fourth-order valence-electron chi connectivity index (χ4n) is 2.92. The van der Waals surface area contributed by atoms with Crippen molar-refractivity contribution in [3.8, 4) is 0 Å². The van der Waals surface area contributed by atoms with Crippen LogP contribution in [-0.4, -0.2) is 46.4 Å². The molecule has 25 heavy (non-hydrogen) atoms. The molecule has 0 aromatic carbocycles. The monoisotopic (exact) mass is 345 g/mol. The highest BCUT2D eigenvalue weighted by Gasteiger charge is 2.25. The number of aliphatic imine (C=N–C) groups is 1. The van der Waals surface area contributed by atoms with Crippen LogP contribution in [0, 0.1) is 5.82 Å². The van der Waals surface area contributed by atoms with Crippen molar-refractivity contribution < 1.29 is 4.39 Å². The van der Waals surface area contributed by atoms with Gasteiger partial charge in [0.25, 0.3) is 0 Å². The van der Waals surface area contributed by atoms with Crippen LogP contribution >= 0.6 is 0 Å². The number of nitrogens with one attached hydrogen (secondary N) is 2. The minimum Gasteiger partial charge on any atom is -0.357 e. The first kappa shape index (κ1) is 17.2. The number of hydrogen-bond acceptors (Lipinski definition) is 4. The Hall–Kier alpha value is -2.64. The van der Waals surface area contributed by atoms with Crippen molar-refractivity contribution in [2.24, 2.45) is 12.0 Å². The van der Waals surface area contributed by atoms with E-state index < -0.39 is 0 Å². The number of hydrogen-bond donors (Lipinski definition) is 2. The van der Waals surface area contributed by atoms with Crippen LogP contribution in [0.15, 0.2) is 35.7 Å². The number of guanidine groups is 1. The van der Waals surface area contributed by atoms with E-state index in [4.69, 9.17) is 0 Å². The Morgan fingerprint density at radius 2 is 2.36 bits per heavy atom. The first-order valence-corrected chi connectivity index (χ1v) is 8.53. The fourth-order valence-corrected chi connectivity index (χ4v) is 2.92. The van der Waals surface area contributed by atoms with Crippen molar-refractivity contribution in [1.82, 2.24) is 25.4 Å². The molecule has 8 heteroatoms. The molecule has 0 bridgehead atoms. The SMILES string of the molecule is CCNC(=NCc1cnn(C)c1)NC1CCN(c2ncccc2F)C1. The predicted octanol–water partition coefficient (Wildman–Crippen LogP) is 1.29. The average Bonchev–Trinajstić information content (AvgIpc) is 3.22. The number of pyridine rings is 1. The van der Waals surface area contributed by atoms with Gasteiger partial charge in [0, 0.05) is 50.7 Å². The molecule has 3 heterocycles. The Morgan fingerprint density at radius 1 is 1.48 bits per heavy atom. The van der Waals surface area contributed by atoms with Crippen molar-refractivity contribution in [2.75, 3.05) is 24.5 Å². The lowest BCUT2D eigenvalue weighted by atomic mass is 10.3.